The Kier molecular flexibility index (Phi) is 4.93. The van der Waals surface area contributed by atoms with E-state index >= 15 is 0 Å². The maximum atomic E-state index is 13.2. The van der Waals surface area contributed by atoms with Crippen molar-refractivity contribution in [1.82, 2.24) is 9.78 Å². The summed E-state index contributed by atoms with van der Waals surface area (Å²) in [7, 11) is 0. The number of ether oxygens (including phenoxy) is 1. The van der Waals surface area contributed by atoms with Crippen molar-refractivity contribution in [3.63, 3.8) is 0 Å². The van der Waals surface area contributed by atoms with E-state index < -0.39 is 5.82 Å². The zero-order valence-corrected chi connectivity index (χ0v) is 12.2. The Morgan fingerprint density at radius 2 is 2.24 bits per heavy atom. The molecule has 0 spiro atoms. The maximum Gasteiger partial charge on any atom is 0.270 e. The van der Waals surface area contributed by atoms with Crippen LogP contribution < -0.4 is 16.0 Å². The first kappa shape index (κ1) is 15.5. The van der Waals surface area contributed by atoms with Crippen LogP contribution in [0.1, 0.15) is 12.5 Å². The number of benzene rings is 1. The van der Waals surface area contributed by atoms with Gasteiger partial charge in [0.1, 0.15) is 18.2 Å². The quantitative estimate of drug-likeness (QED) is 0.914. The lowest BCUT2D eigenvalue weighted by atomic mass is 10.2. The number of aromatic nitrogens is 2. The van der Waals surface area contributed by atoms with Gasteiger partial charge in [0.2, 0.25) is 0 Å². The molecule has 2 aromatic rings. The van der Waals surface area contributed by atoms with Gasteiger partial charge in [0.05, 0.1) is 12.7 Å². The average Bonchev–Trinajstić information content (AvgIpc) is 2.43. The maximum absolute atomic E-state index is 13.2. The average molecular weight is 312 g/mol. The van der Waals surface area contributed by atoms with Gasteiger partial charge in [-0.1, -0.05) is 11.6 Å². The third-order valence-electron chi connectivity index (χ3n) is 2.69. The molecule has 1 heterocycles. The molecule has 1 aromatic carbocycles. The highest BCUT2D eigenvalue weighted by Gasteiger charge is 2.07. The number of nitrogens with two attached hydrogens (primary N) is 1. The lowest BCUT2D eigenvalue weighted by molar-refractivity contribution is 0.293. The van der Waals surface area contributed by atoms with Crippen molar-refractivity contribution in [2.24, 2.45) is 5.73 Å². The molecule has 0 bridgehead atoms. The van der Waals surface area contributed by atoms with Gasteiger partial charge in [0, 0.05) is 17.1 Å². The normalized spacial score (nSPS) is 12.2. The van der Waals surface area contributed by atoms with Gasteiger partial charge < -0.3 is 10.5 Å². The van der Waals surface area contributed by atoms with Crippen LogP contribution in [0.5, 0.6) is 5.75 Å². The van der Waals surface area contributed by atoms with E-state index in [0.29, 0.717) is 22.9 Å². The molecule has 7 heteroatoms. The summed E-state index contributed by atoms with van der Waals surface area (Å²) in [6.07, 6.45) is 1.41. The van der Waals surface area contributed by atoms with Gasteiger partial charge in [-0.05, 0) is 30.7 Å². The molecule has 0 fully saturated rings. The van der Waals surface area contributed by atoms with Crippen LogP contribution in [0.25, 0.3) is 0 Å². The van der Waals surface area contributed by atoms with Crippen LogP contribution in [-0.4, -0.2) is 22.4 Å². The largest absolute Gasteiger partial charge is 0.490 e. The van der Waals surface area contributed by atoms with E-state index in [0.717, 1.165) is 0 Å². The molecular weight excluding hydrogens is 297 g/mol. The summed E-state index contributed by atoms with van der Waals surface area (Å²) in [6, 6.07) is 5.14. The second-order valence-electron chi connectivity index (χ2n) is 4.71. The Morgan fingerprint density at radius 1 is 1.48 bits per heavy atom. The third-order valence-corrected chi connectivity index (χ3v) is 3.05. The highest BCUT2D eigenvalue weighted by Crippen LogP contribution is 2.17. The Morgan fingerprint density at radius 3 is 2.90 bits per heavy atom. The Labute approximate surface area is 126 Å². The monoisotopic (exact) mass is 311 g/mol. The van der Waals surface area contributed by atoms with Crippen molar-refractivity contribution in [2.75, 3.05) is 6.61 Å². The van der Waals surface area contributed by atoms with Crippen LogP contribution in [0.4, 0.5) is 4.39 Å². The number of rotatable bonds is 5. The molecule has 2 N–H and O–H groups in total. The van der Waals surface area contributed by atoms with Crippen LogP contribution in [0.2, 0.25) is 5.02 Å². The number of hydrogen-bond donors (Lipinski definition) is 1. The van der Waals surface area contributed by atoms with Crippen LogP contribution in [-0.2, 0) is 6.54 Å². The molecule has 0 saturated carbocycles. The predicted molar refractivity (Wildman–Crippen MR) is 78.2 cm³/mol. The summed E-state index contributed by atoms with van der Waals surface area (Å²) in [6.45, 7) is 2.17. The van der Waals surface area contributed by atoms with Crippen molar-refractivity contribution in [2.45, 2.75) is 19.5 Å². The predicted octanol–water partition coefficient (Wildman–Crippen LogP) is 1.81. The number of nitrogens with zero attached hydrogens (tertiary/aromatic N) is 2. The molecule has 1 unspecified atom stereocenters. The van der Waals surface area contributed by atoms with Crippen LogP contribution in [0.3, 0.4) is 0 Å². The minimum Gasteiger partial charge on any atom is -0.490 e. The summed E-state index contributed by atoms with van der Waals surface area (Å²) in [4.78, 5) is 11.9. The lowest BCUT2D eigenvalue weighted by Gasteiger charge is -2.10. The first-order valence-corrected chi connectivity index (χ1v) is 6.73. The molecule has 1 aromatic heterocycles. The molecule has 0 aliphatic heterocycles. The zero-order chi connectivity index (χ0) is 15.4. The molecule has 0 saturated heterocycles. The molecule has 1 atom stereocenters. The molecule has 0 radical (unpaired) electrons. The third kappa shape index (κ3) is 4.27. The summed E-state index contributed by atoms with van der Waals surface area (Å²) < 4.78 is 19.7. The van der Waals surface area contributed by atoms with E-state index in [1.54, 1.807) is 6.92 Å². The van der Waals surface area contributed by atoms with Gasteiger partial charge in [-0.15, -0.1) is 0 Å². The molecule has 2 rings (SSSR count). The van der Waals surface area contributed by atoms with Gasteiger partial charge in [-0.25, -0.2) is 9.07 Å². The first-order chi connectivity index (χ1) is 9.95. The van der Waals surface area contributed by atoms with Gasteiger partial charge >= 0.3 is 0 Å². The summed E-state index contributed by atoms with van der Waals surface area (Å²) in [5, 5.41) is 4.36. The Hall–Kier alpha value is -1.92. The molecule has 5 nitrogen and oxygen atoms in total. The molecule has 112 valence electrons. The van der Waals surface area contributed by atoms with Crippen molar-refractivity contribution in [3.05, 3.63) is 57.2 Å². The fraction of sp³-hybridized carbons (Fsp3) is 0.286. The highest BCUT2D eigenvalue weighted by atomic mass is 35.5. The fourth-order valence-corrected chi connectivity index (χ4v) is 1.85. The SMILES string of the molecule is CC(N)COc1cnn(Cc2cc(F)ccc2Cl)c(=O)c1. The van der Waals surface area contributed by atoms with E-state index in [4.69, 9.17) is 22.1 Å². The highest BCUT2D eigenvalue weighted by molar-refractivity contribution is 6.31. The van der Waals surface area contributed by atoms with E-state index in [2.05, 4.69) is 5.10 Å². The van der Waals surface area contributed by atoms with Gasteiger partial charge in [-0.3, -0.25) is 4.79 Å². The fourth-order valence-electron chi connectivity index (χ4n) is 1.67. The van der Waals surface area contributed by atoms with Crippen LogP contribution in [0, 0.1) is 5.82 Å². The van der Waals surface area contributed by atoms with Crippen molar-refractivity contribution in [1.29, 1.82) is 0 Å². The number of halogens is 2. The summed E-state index contributed by atoms with van der Waals surface area (Å²) in [5.41, 5.74) is 5.68. The zero-order valence-electron chi connectivity index (χ0n) is 11.4. The molecule has 0 aliphatic carbocycles. The standard InChI is InChI=1S/C14H15ClFN3O2/c1-9(17)8-21-12-5-14(20)19(18-6-12)7-10-4-11(16)2-3-13(10)15/h2-6,9H,7-8,17H2,1H3. The van der Waals surface area contributed by atoms with E-state index in [1.165, 1.54) is 35.1 Å². The molecule has 0 amide bonds. The second-order valence-corrected chi connectivity index (χ2v) is 5.12. The minimum atomic E-state index is -0.417. The molecular formula is C14H15ClFN3O2. The minimum absolute atomic E-state index is 0.0863. The first-order valence-electron chi connectivity index (χ1n) is 6.35. The van der Waals surface area contributed by atoms with E-state index in [-0.39, 0.29) is 18.1 Å². The van der Waals surface area contributed by atoms with Crippen molar-refractivity contribution >= 4 is 11.6 Å². The lowest BCUT2D eigenvalue weighted by Crippen LogP contribution is -2.26. The molecule has 0 aliphatic rings. The van der Waals surface area contributed by atoms with E-state index in [9.17, 15) is 9.18 Å². The summed E-state index contributed by atoms with van der Waals surface area (Å²) in [5.74, 6) is -0.0711. The van der Waals surface area contributed by atoms with Crippen molar-refractivity contribution < 1.29 is 9.13 Å². The van der Waals surface area contributed by atoms with Crippen LogP contribution in [0.15, 0.2) is 35.3 Å². The van der Waals surface area contributed by atoms with Crippen molar-refractivity contribution in [3.8, 4) is 5.75 Å². The Balaban J connectivity index is 2.18. The topological polar surface area (TPSA) is 70.1 Å². The Bertz CT molecular complexity index is 688. The summed E-state index contributed by atoms with van der Waals surface area (Å²) >= 11 is 5.97. The van der Waals surface area contributed by atoms with E-state index in [1.807, 2.05) is 0 Å². The smallest absolute Gasteiger partial charge is 0.270 e. The van der Waals surface area contributed by atoms with Gasteiger partial charge in [0.15, 0.2) is 0 Å². The van der Waals surface area contributed by atoms with Gasteiger partial charge in [0.25, 0.3) is 5.56 Å². The second kappa shape index (κ2) is 6.69. The van der Waals surface area contributed by atoms with Crippen LogP contribution >= 0.6 is 11.6 Å². The molecule has 21 heavy (non-hydrogen) atoms. The number of hydrogen-bond acceptors (Lipinski definition) is 4. The van der Waals surface area contributed by atoms with Gasteiger partial charge in [-0.2, -0.15) is 5.10 Å².